The van der Waals surface area contributed by atoms with E-state index in [-0.39, 0.29) is 51.4 Å². The molecule has 0 rings (SSSR count). The van der Waals surface area contributed by atoms with Crippen molar-refractivity contribution in [3.05, 3.63) is 19.1 Å². The zero-order chi connectivity index (χ0) is 5.15. The molecule has 0 nitrogen and oxygen atoms in total. The molecule has 0 saturated carbocycles. The Morgan fingerprint density at radius 1 is 1.43 bits per heavy atom. The fourth-order valence-electron chi connectivity index (χ4n) is 0. The summed E-state index contributed by atoms with van der Waals surface area (Å²) in [5.74, 6) is 0.546. The third-order valence-corrected chi connectivity index (χ3v) is 0.816. The molecule has 0 spiro atoms. The van der Waals surface area contributed by atoms with Gasteiger partial charge in [0.1, 0.15) is 0 Å². The second kappa shape index (κ2) is 5.51. The fourth-order valence-corrected chi connectivity index (χ4v) is 0. The van der Waals surface area contributed by atoms with Crippen LogP contribution in [-0.4, -0.2) is 0 Å². The van der Waals surface area contributed by atoms with Crippen molar-refractivity contribution in [1.82, 2.24) is 0 Å². The SMILES string of the molecule is [CH2]C(=C)C(C)C.[K+]. The van der Waals surface area contributed by atoms with Crippen LogP contribution in [0, 0.1) is 12.8 Å². The van der Waals surface area contributed by atoms with Crippen LogP contribution in [-0.2, 0) is 0 Å². The average Bonchev–Trinajstić information content (AvgIpc) is 1.36. The van der Waals surface area contributed by atoms with Gasteiger partial charge < -0.3 is 0 Å². The number of hydrogen-bond donors (Lipinski definition) is 0. The third-order valence-electron chi connectivity index (χ3n) is 0.816. The van der Waals surface area contributed by atoms with Crippen LogP contribution in [0.4, 0.5) is 0 Å². The molecule has 0 bridgehead atoms. The van der Waals surface area contributed by atoms with Gasteiger partial charge in [0.25, 0.3) is 0 Å². The summed E-state index contributed by atoms with van der Waals surface area (Å²) in [5.41, 5.74) is 1.01. The van der Waals surface area contributed by atoms with Crippen molar-refractivity contribution in [3.63, 3.8) is 0 Å². The molecule has 0 fully saturated rings. The molecule has 0 unspecified atom stereocenters. The van der Waals surface area contributed by atoms with Crippen LogP contribution in [0.3, 0.4) is 0 Å². The van der Waals surface area contributed by atoms with Crippen molar-refractivity contribution < 1.29 is 51.4 Å². The van der Waals surface area contributed by atoms with E-state index >= 15 is 0 Å². The van der Waals surface area contributed by atoms with Crippen LogP contribution < -0.4 is 51.4 Å². The Bertz CT molecular complexity index is 55.2. The Balaban J connectivity index is 0. The van der Waals surface area contributed by atoms with Crippen LogP contribution in [0.5, 0.6) is 0 Å². The van der Waals surface area contributed by atoms with Gasteiger partial charge in [-0.25, -0.2) is 0 Å². The Labute approximate surface area is 88.8 Å². The van der Waals surface area contributed by atoms with Gasteiger partial charge in [-0.05, 0) is 12.8 Å². The minimum absolute atomic E-state index is 0. The molecule has 0 heterocycles. The first-order valence-corrected chi connectivity index (χ1v) is 2.15. The average molecular weight is 122 g/mol. The summed E-state index contributed by atoms with van der Waals surface area (Å²) in [6.45, 7) is 11.4. The van der Waals surface area contributed by atoms with Gasteiger partial charge in [-0.3, -0.25) is 0 Å². The first-order chi connectivity index (χ1) is 2.64. The van der Waals surface area contributed by atoms with Gasteiger partial charge in [0, 0.05) is 0 Å². The molecule has 0 N–H and O–H groups in total. The maximum Gasteiger partial charge on any atom is 1.00 e. The van der Waals surface area contributed by atoms with E-state index in [1.807, 2.05) is 0 Å². The van der Waals surface area contributed by atoms with Gasteiger partial charge >= 0.3 is 51.4 Å². The van der Waals surface area contributed by atoms with Crippen molar-refractivity contribution in [2.45, 2.75) is 13.8 Å². The van der Waals surface area contributed by atoms with Crippen LogP contribution >= 0.6 is 0 Å². The van der Waals surface area contributed by atoms with Crippen molar-refractivity contribution in [2.75, 3.05) is 0 Å². The molecule has 0 aliphatic heterocycles. The summed E-state index contributed by atoms with van der Waals surface area (Å²) in [6.07, 6.45) is 0. The summed E-state index contributed by atoms with van der Waals surface area (Å²) in [4.78, 5) is 0. The topological polar surface area (TPSA) is 0 Å². The maximum absolute atomic E-state index is 3.64. The Hall–Kier alpha value is 1.38. The zero-order valence-electron chi connectivity index (χ0n) is 5.49. The third kappa shape index (κ3) is 7.38. The van der Waals surface area contributed by atoms with E-state index < -0.39 is 0 Å². The molecule has 0 aromatic heterocycles. The molecule has 0 aliphatic carbocycles. The molecule has 1 heteroatoms. The Kier molecular flexibility index (Phi) is 8.83. The molecule has 0 saturated heterocycles. The van der Waals surface area contributed by atoms with Crippen LogP contribution in [0.15, 0.2) is 12.2 Å². The molecular formula is C6H11K+. The van der Waals surface area contributed by atoms with E-state index in [2.05, 4.69) is 27.4 Å². The van der Waals surface area contributed by atoms with Crippen molar-refractivity contribution in [2.24, 2.45) is 5.92 Å². The van der Waals surface area contributed by atoms with Gasteiger partial charge in [-0.2, -0.15) is 0 Å². The quantitative estimate of drug-likeness (QED) is 0.393. The van der Waals surface area contributed by atoms with Crippen molar-refractivity contribution >= 4 is 0 Å². The summed E-state index contributed by atoms with van der Waals surface area (Å²) in [6, 6.07) is 0. The molecular weight excluding hydrogens is 111 g/mol. The molecule has 0 aromatic carbocycles. The van der Waals surface area contributed by atoms with Gasteiger partial charge in [-0.1, -0.05) is 26.0 Å². The summed E-state index contributed by atoms with van der Waals surface area (Å²) >= 11 is 0. The van der Waals surface area contributed by atoms with E-state index in [1.54, 1.807) is 0 Å². The number of rotatable bonds is 1. The zero-order valence-corrected chi connectivity index (χ0v) is 8.61. The molecule has 0 aliphatic rings. The summed E-state index contributed by atoms with van der Waals surface area (Å²) in [5, 5.41) is 0. The van der Waals surface area contributed by atoms with Gasteiger partial charge in [-0.15, -0.1) is 0 Å². The predicted octanol–water partition coefficient (Wildman–Crippen LogP) is -0.963. The Morgan fingerprint density at radius 2 is 1.57 bits per heavy atom. The van der Waals surface area contributed by atoms with Gasteiger partial charge in [0.05, 0.1) is 0 Å². The minimum atomic E-state index is 0. The smallest absolute Gasteiger partial charge is 0.0996 e. The van der Waals surface area contributed by atoms with E-state index in [0.717, 1.165) is 5.57 Å². The van der Waals surface area contributed by atoms with E-state index in [0.29, 0.717) is 5.92 Å². The second-order valence-corrected chi connectivity index (χ2v) is 1.81. The van der Waals surface area contributed by atoms with Crippen LogP contribution in [0.2, 0.25) is 0 Å². The molecule has 0 aromatic rings. The van der Waals surface area contributed by atoms with Crippen molar-refractivity contribution in [1.29, 1.82) is 0 Å². The summed E-state index contributed by atoms with van der Waals surface area (Å²) in [7, 11) is 0. The molecule has 35 valence electrons. The van der Waals surface area contributed by atoms with E-state index in [9.17, 15) is 0 Å². The van der Waals surface area contributed by atoms with E-state index in [4.69, 9.17) is 0 Å². The number of hydrogen-bond acceptors (Lipinski definition) is 0. The second-order valence-electron chi connectivity index (χ2n) is 1.81. The van der Waals surface area contributed by atoms with Gasteiger partial charge in [0.15, 0.2) is 0 Å². The fraction of sp³-hybridized carbons (Fsp3) is 0.500. The van der Waals surface area contributed by atoms with Crippen molar-refractivity contribution in [3.8, 4) is 0 Å². The Morgan fingerprint density at radius 3 is 1.57 bits per heavy atom. The largest absolute Gasteiger partial charge is 1.00 e. The standard InChI is InChI=1S/C6H11.K/c1-5(2)6(3)4;/h6H,1-2H2,3-4H3;/q;+1. The minimum Gasteiger partial charge on any atom is -0.0996 e. The van der Waals surface area contributed by atoms with Gasteiger partial charge in [0.2, 0.25) is 0 Å². The maximum atomic E-state index is 3.64. The van der Waals surface area contributed by atoms with E-state index in [1.165, 1.54) is 0 Å². The van der Waals surface area contributed by atoms with Crippen LogP contribution in [0.25, 0.3) is 0 Å². The molecule has 1 radical (unpaired) electrons. The normalized spacial score (nSPS) is 8.00. The first kappa shape index (κ1) is 11.2. The molecule has 0 amide bonds. The number of allylic oxidation sites excluding steroid dienone is 1. The molecule has 7 heavy (non-hydrogen) atoms. The monoisotopic (exact) mass is 122 g/mol. The summed E-state index contributed by atoms with van der Waals surface area (Å²) < 4.78 is 0. The van der Waals surface area contributed by atoms with Crippen LogP contribution in [0.1, 0.15) is 13.8 Å². The first-order valence-electron chi connectivity index (χ1n) is 2.15. The predicted molar refractivity (Wildman–Crippen MR) is 29.3 cm³/mol. The molecule has 0 atom stereocenters.